The van der Waals surface area contributed by atoms with E-state index in [0.29, 0.717) is 0 Å². The lowest BCUT2D eigenvalue weighted by Crippen LogP contribution is -2.36. The van der Waals surface area contributed by atoms with Gasteiger partial charge < -0.3 is 10.4 Å². The molecule has 0 aliphatic heterocycles. The van der Waals surface area contributed by atoms with Gasteiger partial charge in [-0.3, -0.25) is 0 Å². The molecule has 2 N–H and O–H groups in total. The van der Waals surface area contributed by atoms with Crippen LogP contribution in [-0.4, -0.2) is 17.3 Å². The highest BCUT2D eigenvalue weighted by molar-refractivity contribution is 5.45. The van der Waals surface area contributed by atoms with Crippen molar-refractivity contribution in [1.29, 1.82) is 0 Å². The van der Waals surface area contributed by atoms with Crippen molar-refractivity contribution in [1.82, 2.24) is 0 Å². The molecule has 1 aliphatic carbocycles. The van der Waals surface area contributed by atoms with Gasteiger partial charge in [0.15, 0.2) is 0 Å². The van der Waals surface area contributed by atoms with E-state index in [-0.39, 0.29) is 11.7 Å². The van der Waals surface area contributed by atoms with Gasteiger partial charge in [-0.15, -0.1) is 0 Å². The second kappa shape index (κ2) is 4.78. The maximum Gasteiger partial charge on any atom is 0.149 e. The minimum atomic E-state index is -0.613. The van der Waals surface area contributed by atoms with Gasteiger partial charge in [0.1, 0.15) is 11.6 Å². The molecule has 0 bridgehead atoms. The predicted octanol–water partition coefficient (Wildman–Crippen LogP) is 2.68. The first-order valence-electron chi connectivity index (χ1n) is 5.56. The van der Waals surface area contributed by atoms with Gasteiger partial charge in [0.2, 0.25) is 0 Å². The van der Waals surface area contributed by atoms with E-state index in [0.717, 1.165) is 31.7 Å². The van der Waals surface area contributed by atoms with Crippen molar-refractivity contribution in [2.75, 3.05) is 5.32 Å². The third-order valence-electron chi connectivity index (χ3n) is 3.00. The number of hydrogen-bond donors (Lipinski definition) is 2. The summed E-state index contributed by atoms with van der Waals surface area (Å²) in [4.78, 5) is 0. The lowest BCUT2D eigenvalue weighted by atomic mass is 9.92. The number of anilines is 1. The lowest BCUT2D eigenvalue weighted by molar-refractivity contribution is 0.116. The summed E-state index contributed by atoms with van der Waals surface area (Å²) in [6.07, 6.45) is 3.14. The fourth-order valence-electron chi connectivity index (χ4n) is 2.09. The SMILES string of the molecule is O[C@H]1CCCC[C@@H]1Nc1ccc(F)cc1F. The fraction of sp³-hybridized carbons (Fsp3) is 0.500. The fourth-order valence-corrected chi connectivity index (χ4v) is 2.09. The van der Waals surface area contributed by atoms with Crippen molar-refractivity contribution in [2.24, 2.45) is 0 Å². The minimum absolute atomic E-state index is 0.131. The van der Waals surface area contributed by atoms with Gasteiger partial charge in [-0.2, -0.15) is 0 Å². The van der Waals surface area contributed by atoms with Crippen molar-refractivity contribution >= 4 is 5.69 Å². The molecule has 0 unspecified atom stereocenters. The standard InChI is InChI=1S/C12H15F2NO/c13-8-5-6-10(9(14)7-8)15-11-3-1-2-4-12(11)16/h5-7,11-12,15-16H,1-4H2/t11-,12-/m0/s1. The Morgan fingerprint density at radius 3 is 2.62 bits per heavy atom. The molecule has 1 saturated carbocycles. The zero-order valence-electron chi connectivity index (χ0n) is 8.92. The first-order chi connectivity index (χ1) is 7.66. The zero-order valence-corrected chi connectivity index (χ0v) is 8.92. The van der Waals surface area contributed by atoms with Crippen LogP contribution in [0.2, 0.25) is 0 Å². The number of nitrogens with one attached hydrogen (secondary N) is 1. The third kappa shape index (κ3) is 2.50. The molecule has 2 nitrogen and oxygen atoms in total. The molecule has 1 aromatic carbocycles. The Labute approximate surface area is 93.3 Å². The van der Waals surface area contributed by atoms with Gasteiger partial charge in [0, 0.05) is 6.07 Å². The van der Waals surface area contributed by atoms with Gasteiger partial charge in [0.05, 0.1) is 17.8 Å². The normalized spacial score (nSPS) is 25.4. The summed E-state index contributed by atoms with van der Waals surface area (Å²) in [5.74, 6) is -1.20. The summed E-state index contributed by atoms with van der Waals surface area (Å²) in [5.41, 5.74) is 0.257. The molecule has 2 atom stereocenters. The van der Waals surface area contributed by atoms with E-state index in [1.54, 1.807) is 0 Å². The summed E-state index contributed by atoms with van der Waals surface area (Å²) in [7, 11) is 0. The Kier molecular flexibility index (Phi) is 3.39. The van der Waals surface area contributed by atoms with Gasteiger partial charge in [0.25, 0.3) is 0 Å². The molecular formula is C12H15F2NO. The molecule has 16 heavy (non-hydrogen) atoms. The lowest BCUT2D eigenvalue weighted by Gasteiger charge is -2.29. The van der Waals surface area contributed by atoms with Crippen LogP contribution in [0.15, 0.2) is 18.2 Å². The Balaban J connectivity index is 2.07. The van der Waals surface area contributed by atoms with Crippen LogP contribution < -0.4 is 5.32 Å². The molecule has 88 valence electrons. The van der Waals surface area contributed by atoms with Gasteiger partial charge in [-0.1, -0.05) is 12.8 Å². The molecule has 1 fully saturated rings. The Morgan fingerprint density at radius 2 is 1.94 bits per heavy atom. The molecule has 1 aromatic rings. The summed E-state index contributed by atoms with van der Waals surface area (Å²) in [6.45, 7) is 0. The van der Waals surface area contributed by atoms with Gasteiger partial charge in [-0.25, -0.2) is 8.78 Å². The molecule has 0 radical (unpaired) electrons. The van der Waals surface area contributed by atoms with Crippen molar-refractivity contribution in [2.45, 2.75) is 37.8 Å². The maximum atomic E-state index is 13.3. The van der Waals surface area contributed by atoms with Crippen LogP contribution in [0.3, 0.4) is 0 Å². The molecule has 0 amide bonds. The van der Waals surface area contributed by atoms with Crippen LogP contribution in [0.5, 0.6) is 0 Å². The van der Waals surface area contributed by atoms with Crippen LogP contribution in [-0.2, 0) is 0 Å². The smallest absolute Gasteiger partial charge is 0.149 e. The summed E-state index contributed by atoms with van der Waals surface area (Å²) < 4.78 is 26.0. The maximum absolute atomic E-state index is 13.3. The molecule has 0 spiro atoms. The van der Waals surface area contributed by atoms with E-state index in [9.17, 15) is 13.9 Å². The number of hydrogen-bond acceptors (Lipinski definition) is 2. The van der Waals surface area contributed by atoms with Crippen LogP contribution in [0.4, 0.5) is 14.5 Å². The Bertz CT molecular complexity index is 370. The highest BCUT2D eigenvalue weighted by Gasteiger charge is 2.23. The quantitative estimate of drug-likeness (QED) is 0.814. The largest absolute Gasteiger partial charge is 0.391 e. The number of benzene rings is 1. The molecule has 0 heterocycles. The Morgan fingerprint density at radius 1 is 1.19 bits per heavy atom. The van der Waals surface area contributed by atoms with Crippen molar-refractivity contribution in [3.8, 4) is 0 Å². The van der Waals surface area contributed by atoms with E-state index >= 15 is 0 Å². The van der Waals surface area contributed by atoms with Crippen LogP contribution >= 0.6 is 0 Å². The van der Waals surface area contributed by atoms with Crippen molar-refractivity contribution in [3.05, 3.63) is 29.8 Å². The van der Waals surface area contributed by atoms with Gasteiger partial charge >= 0.3 is 0 Å². The molecule has 0 aromatic heterocycles. The average Bonchev–Trinajstić information content (AvgIpc) is 2.25. The second-order valence-electron chi connectivity index (χ2n) is 4.23. The molecule has 0 saturated heterocycles. The van der Waals surface area contributed by atoms with E-state index in [2.05, 4.69) is 5.32 Å². The monoisotopic (exact) mass is 227 g/mol. The Hall–Kier alpha value is -1.16. The molecular weight excluding hydrogens is 212 g/mol. The number of rotatable bonds is 2. The minimum Gasteiger partial charge on any atom is -0.391 e. The molecule has 2 rings (SSSR count). The average molecular weight is 227 g/mol. The highest BCUT2D eigenvalue weighted by atomic mass is 19.1. The summed E-state index contributed by atoms with van der Waals surface area (Å²) >= 11 is 0. The van der Waals surface area contributed by atoms with E-state index in [1.807, 2.05) is 0 Å². The first-order valence-corrected chi connectivity index (χ1v) is 5.56. The number of aliphatic hydroxyl groups is 1. The van der Waals surface area contributed by atoms with Crippen molar-refractivity contribution in [3.63, 3.8) is 0 Å². The van der Waals surface area contributed by atoms with Crippen LogP contribution in [0.25, 0.3) is 0 Å². The van der Waals surface area contributed by atoms with Crippen molar-refractivity contribution < 1.29 is 13.9 Å². The molecule has 1 aliphatic rings. The summed E-state index contributed by atoms with van der Waals surface area (Å²) in [6, 6.07) is 3.29. The van der Waals surface area contributed by atoms with Crippen LogP contribution in [0.1, 0.15) is 25.7 Å². The van der Waals surface area contributed by atoms with E-state index in [1.165, 1.54) is 12.1 Å². The van der Waals surface area contributed by atoms with E-state index < -0.39 is 17.7 Å². The van der Waals surface area contributed by atoms with Crippen LogP contribution in [0, 0.1) is 11.6 Å². The third-order valence-corrected chi connectivity index (χ3v) is 3.00. The zero-order chi connectivity index (χ0) is 11.5. The number of halogens is 2. The topological polar surface area (TPSA) is 32.3 Å². The number of aliphatic hydroxyl groups excluding tert-OH is 1. The summed E-state index contributed by atoms with van der Waals surface area (Å²) in [5, 5.41) is 12.7. The second-order valence-corrected chi connectivity index (χ2v) is 4.23. The predicted molar refractivity (Wildman–Crippen MR) is 58.2 cm³/mol. The van der Waals surface area contributed by atoms with E-state index in [4.69, 9.17) is 0 Å². The van der Waals surface area contributed by atoms with Gasteiger partial charge in [-0.05, 0) is 25.0 Å². The molecule has 4 heteroatoms. The highest BCUT2D eigenvalue weighted by Crippen LogP contribution is 2.24. The first kappa shape index (κ1) is 11.3.